The van der Waals surface area contributed by atoms with Gasteiger partial charge in [-0.1, -0.05) is 239 Å². The van der Waals surface area contributed by atoms with Crippen LogP contribution in [0.1, 0.15) is 251 Å². The van der Waals surface area contributed by atoms with Crippen LogP contribution >= 0.6 is 7.82 Å². The summed E-state index contributed by atoms with van der Waals surface area (Å²) >= 11 is 0. The number of carbonyl (C=O) groups excluding carboxylic acids is 1. The van der Waals surface area contributed by atoms with E-state index in [4.69, 9.17) is 9.05 Å². The number of phosphoric acid groups is 1. The molecule has 0 aromatic carbocycles. The van der Waals surface area contributed by atoms with E-state index in [1.54, 1.807) is 0 Å². The Morgan fingerprint density at radius 3 is 1.08 bits per heavy atom. The van der Waals surface area contributed by atoms with Gasteiger partial charge in [-0.2, -0.15) is 0 Å². The van der Waals surface area contributed by atoms with Crippen LogP contribution in [0.15, 0.2) is 0 Å². The highest BCUT2D eigenvalue weighted by atomic mass is 31.2. The van der Waals surface area contributed by atoms with E-state index in [1.165, 1.54) is 167 Å². The zero-order valence-electron chi connectivity index (χ0n) is 40.7. The average Bonchev–Trinajstić information content (AvgIpc) is 3.28. The SMILES string of the molecule is CCCCCCCCCCCCCCCCCCCCCCC(O)C(=O)N[C@@H](COP(=O)(O)OC1C(O)C(O)C(O)[C@@H](O)C1O)[C@H](O)CCCCCCCCCCCCCCCCC. The third kappa shape index (κ3) is 30.6. The molecule has 13 nitrogen and oxygen atoms in total. The fourth-order valence-electron chi connectivity index (χ4n) is 8.86. The van der Waals surface area contributed by atoms with Crippen LogP contribution in [0, 0.1) is 0 Å². The van der Waals surface area contributed by atoms with Crippen LogP contribution in [0.2, 0.25) is 0 Å². The molecule has 0 spiro atoms. The summed E-state index contributed by atoms with van der Waals surface area (Å²) in [5.41, 5.74) is 0. The maximum absolute atomic E-state index is 13.1. The molecule has 0 aromatic heterocycles. The monoisotopic (exact) mass is 938 g/mol. The number of hydrogen-bond acceptors (Lipinski definition) is 11. The summed E-state index contributed by atoms with van der Waals surface area (Å²) in [5.74, 6) is -0.742. The van der Waals surface area contributed by atoms with Crippen LogP contribution in [-0.2, 0) is 18.4 Å². The fraction of sp³-hybridized carbons (Fsp3) is 0.980. The zero-order valence-corrected chi connectivity index (χ0v) is 41.6. The Labute approximate surface area is 389 Å². The highest BCUT2D eigenvalue weighted by Gasteiger charge is 2.51. The lowest BCUT2D eigenvalue weighted by molar-refractivity contribution is -0.220. The summed E-state index contributed by atoms with van der Waals surface area (Å²) < 4.78 is 23.0. The zero-order chi connectivity index (χ0) is 47.3. The second kappa shape index (κ2) is 40.2. The topological polar surface area (TPSA) is 226 Å². The second-order valence-corrected chi connectivity index (χ2v) is 20.6. The third-order valence-corrected chi connectivity index (χ3v) is 14.3. The first kappa shape index (κ1) is 61.3. The molecule has 1 amide bonds. The van der Waals surface area contributed by atoms with E-state index in [9.17, 15) is 50.0 Å². The number of aliphatic hydroxyl groups excluding tert-OH is 7. The fourth-order valence-corrected chi connectivity index (χ4v) is 9.82. The molecule has 0 bridgehead atoms. The van der Waals surface area contributed by atoms with E-state index in [0.29, 0.717) is 12.8 Å². The summed E-state index contributed by atoms with van der Waals surface area (Å²) in [4.78, 5) is 23.6. The standard InChI is InChI=1S/C50H100NO12P/c1-3-5-7-9-11-13-15-17-19-20-21-22-23-25-27-29-31-33-35-37-39-43(53)50(59)51-41(40-62-64(60,61)63-49-47(57)45(55)44(54)46(56)48(49)58)42(52)38-36-34-32-30-28-26-24-18-16-14-12-10-8-6-4-2/h41-49,52-58H,3-40H2,1-2H3,(H,51,59)(H,60,61)/t41-,42+,43?,44?,45+,46?,47?,48?,49?/m0/s1. The number of rotatable bonds is 45. The van der Waals surface area contributed by atoms with Crippen LogP contribution in [0.25, 0.3) is 0 Å². The lowest BCUT2D eigenvalue weighted by Crippen LogP contribution is -2.64. The number of aliphatic hydroxyl groups is 7. The summed E-state index contributed by atoms with van der Waals surface area (Å²) in [6.07, 6.45) is 28.9. The molecule has 9 N–H and O–H groups in total. The summed E-state index contributed by atoms with van der Waals surface area (Å²) in [6.45, 7) is 3.79. The molecule has 0 aliphatic heterocycles. The van der Waals surface area contributed by atoms with Crippen molar-refractivity contribution in [1.29, 1.82) is 0 Å². The summed E-state index contributed by atoms with van der Waals surface area (Å²) in [7, 11) is -5.13. The quantitative estimate of drug-likeness (QED) is 0.0205. The van der Waals surface area contributed by atoms with Crippen LogP contribution in [0.4, 0.5) is 0 Å². The van der Waals surface area contributed by atoms with E-state index in [0.717, 1.165) is 44.9 Å². The maximum atomic E-state index is 13.1. The van der Waals surface area contributed by atoms with Crippen molar-refractivity contribution in [3.63, 3.8) is 0 Å². The van der Waals surface area contributed by atoms with Crippen molar-refractivity contribution in [3.05, 3.63) is 0 Å². The van der Waals surface area contributed by atoms with Gasteiger partial charge in [0.1, 0.15) is 42.7 Å². The first-order valence-corrected chi connectivity index (χ1v) is 28.1. The number of hydrogen-bond donors (Lipinski definition) is 9. The van der Waals surface area contributed by atoms with E-state index in [-0.39, 0.29) is 12.8 Å². The molecule has 0 aromatic rings. The molecule has 1 aliphatic rings. The van der Waals surface area contributed by atoms with Gasteiger partial charge in [0.15, 0.2) is 0 Å². The Morgan fingerprint density at radius 1 is 0.469 bits per heavy atom. The molecular weight excluding hydrogens is 838 g/mol. The molecule has 10 atom stereocenters. The lowest BCUT2D eigenvalue weighted by Gasteiger charge is -2.41. The minimum Gasteiger partial charge on any atom is -0.391 e. The number of amides is 1. The largest absolute Gasteiger partial charge is 0.472 e. The molecule has 1 aliphatic carbocycles. The van der Waals surface area contributed by atoms with Crippen molar-refractivity contribution in [2.24, 2.45) is 0 Å². The molecule has 382 valence electrons. The first-order chi connectivity index (χ1) is 30.9. The van der Waals surface area contributed by atoms with Crippen molar-refractivity contribution in [2.45, 2.75) is 306 Å². The number of nitrogens with one attached hydrogen (secondary N) is 1. The minimum atomic E-state index is -5.13. The van der Waals surface area contributed by atoms with Gasteiger partial charge < -0.3 is 46.0 Å². The highest BCUT2D eigenvalue weighted by Crippen LogP contribution is 2.47. The van der Waals surface area contributed by atoms with Crippen molar-refractivity contribution in [3.8, 4) is 0 Å². The molecule has 1 rings (SSSR count). The number of carbonyl (C=O) groups is 1. The number of unbranched alkanes of at least 4 members (excludes halogenated alkanes) is 33. The van der Waals surface area contributed by atoms with Gasteiger partial charge in [-0.15, -0.1) is 0 Å². The van der Waals surface area contributed by atoms with Gasteiger partial charge in [0.05, 0.1) is 18.8 Å². The molecule has 0 heterocycles. The van der Waals surface area contributed by atoms with Gasteiger partial charge in [0.2, 0.25) is 5.91 Å². The van der Waals surface area contributed by atoms with Crippen LogP contribution in [0.3, 0.4) is 0 Å². The van der Waals surface area contributed by atoms with Crippen LogP contribution in [-0.4, -0.2) is 108 Å². The van der Waals surface area contributed by atoms with Gasteiger partial charge in [0, 0.05) is 0 Å². The predicted octanol–water partition coefficient (Wildman–Crippen LogP) is 9.99. The lowest BCUT2D eigenvalue weighted by atomic mass is 9.85. The Morgan fingerprint density at radius 2 is 0.750 bits per heavy atom. The molecule has 1 fully saturated rings. The van der Waals surface area contributed by atoms with Crippen molar-refractivity contribution >= 4 is 13.7 Å². The van der Waals surface area contributed by atoms with Crippen molar-refractivity contribution in [2.75, 3.05) is 6.61 Å². The Balaban J connectivity index is 2.42. The van der Waals surface area contributed by atoms with E-state index < -0.39 is 75.2 Å². The molecule has 1 saturated carbocycles. The average molecular weight is 938 g/mol. The van der Waals surface area contributed by atoms with E-state index >= 15 is 0 Å². The van der Waals surface area contributed by atoms with Gasteiger partial charge in [-0.3, -0.25) is 13.8 Å². The predicted molar refractivity (Wildman–Crippen MR) is 257 cm³/mol. The second-order valence-electron chi connectivity index (χ2n) is 19.2. The van der Waals surface area contributed by atoms with Gasteiger partial charge in [-0.25, -0.2) is 4.57 Å². The number of phosphoric ester groups is 1. The molecule has 7 unspecified atom stereocenters. The normalized spacial score (nSPS) is 22.6. The Kier molecular flexibility index (Phi) is 38.5. The maximum Gasteiger partial charge on any atom is 0.472 e. The molecule has 64 heavy (non-hydrogen) atoms. The van der Waals surface area contributed by atoms with Crippen LogP contribution in [0.5, 0.6) is 0 Å². The van der Waals surface area contributed by atoms with E-state index in [1.807, 2.05) is 0 Å². The first-order valence-electron chi connectivity index (χ1n) is 26.6. The molecule has 0 radical (unpaired) electrons. The highest BCUT2D eigenvalue weighted by molar-refractivity contribution is 7.47. The smallest absolute Gasteiger partial charge is 0.391 e. The van der Waals surface area contributed by atoms with Crippen molar-refractivity contribution < 1.29 is 59.0 Å². The Bertz CT molecular complexity index is 1110. The Hall–Kier alpha value is -0.700. The summed E-state index contributed by atoms with van der Waals surface area (Å²) in [6, 6.07) is -1.20. The van der Waals surface area contributed by atoms with Crippen molar-refractivity contribution in [1.82, 2.24) is 5.32 Å². The van der Waals surface area contributed by atoms with Gasteiger partial charge >= 0.3 is 7.82 Å². The molecule has 0 saturated heterocycles. The van der Waals surface area contributed by atoms with E-state index in [2.05, 4.69) is 19.2 Å². The van der Waals surface area contributed by atoms with Gasteiger partial charge in [-0.05, 0) is 12.8 Å². The molecular formula is C50H100NO12P. The van der Waals surface area contributed by atoms with Crippen LogP contribution < -0.4 is 5.32 Å². The third-order valence-electron chi connectivity index (χ3n) is 13.3. The molecule has 14 heteroatoms. The minimum absolute atomic E-state index is 0.225. The summed E-state index contributed by atoms with van der Waals surface area (Å²) in [5, 5.41) is 74.8. The van der Waals surface area contributed by atoms with Gasteiger partial charge in [0.25, 0.3) is 0 Å².